The average molecular weight is 260 g/mol. The van der Waals surface area contributed by atoms with Gasteiger partial charge in [-0.2, -0.15) is 0 Å². The molecule has 0 aliphatic heterocycles. The predicted molar refractivity (Wildman–Crippen MR) is 70.0 cm³/mol. The van der Waals surface area contributed by atoms with Crippen LogP contribution in [0.25, 0.3) is 0 Å². The van der Waals surface area contributed by atoms with Crippen LogP contribution in [0.1, 0.15) is 16.7 Å². The summed E-state index contributed by atoms with van der Waals surface area (Å²) < 4.78 is 26.5. The highest BCUT2D eigenvalue weighted by Gasteiger charge is 2.09. The summed E-state index contributed by atoms with van der Waals surface area (Å²) in [5.74, 6) is -0.743. The van der Waals surface area contributed by atoms with Gasteiger partial charge in [-0.3, -0.25) is 4.79 Å². The van der Waals surface area contributed by atoms with E-state index in [1.165, 1.54) is 12.1 Å². The molecule has 19 heavy (non-hydrogen) atoms. The number of aryl methyl sites for hydroxylation is 1. The first-order valence-corrected chi connectivity index (χ1v) is 6.06. The minimum Gasteiger partial charge on any atom is -0.299 e. The summed E-state index contributed by atoms with van der Waals surface area (Å²) in [6.45, 7) is 1.65. The van der Waals surface area contributed by atoms with Crippen molar-refractivity contribution in [1.82, 2.24) is 0 Å². The molecule has 1 nitrogen and oxygen atoms in total. The van der Waals surface area contributed by atoms with Crippen molar-refractivity contribution in [3.8, 4) is 0 Å². The van der Waals surface area contributed by atoms with Gasteiger partial charge in [-0.1, -0.05) is 30.3 Å². The zero-order valence-corrected chi connectivity index (χ0v) is 10.6. The molecule has 2 rings (SSSR count). The Morgan fingerprint density at radius 2 is 1.74 bits per heavy atom. The number of halogens is 2. The summed E-state index contributed by atoms with van der Waals surface area (Å²) in [5, 5.41) is 0. The number of Topliss-reactive ketones (excluding diaryl/α,β-unsaturated/α-hetero) is 1. The van der Waals surface area contributed by atoms with Crippen molar-refractivity contribution in [3.05, 3.63) is 70.8 Å². The first-order valence-electron chi connectivity index (χ1n) is 6.06. The van der Waals surface area contributed by atoms with Crippen LogP contribution in [-0.4, -0.2) is 5.78 Å². The van der Waals surface area contributed by atoms with E-state index in [1.54, 1.807) is 37.3 Å². The Labute approximate surface area is 110 Å². The van der Waals surface area contributed by atoms with Crippen molar-refractivity contribution in [1.29, 1.82) is 0 Å². The van der Waals surface area contributed by atoms with E-state index in [1.807, 2.05) is 0 Å². The van der Waals surface area contributed by atoms with Crippen molar-refractivity contribution in [2.24, 2.45) is 0 Å². The third-order valence-corrected chi connectivity index (χ3v) is 2.97. The molecule has 0 spiro atoms. The van der Waals surface area contributed by atoms with Gasteiger partial charge in [-0.15, -0.1) is 0 Å². The monoisotopic (exact) mass is 260 g/mol. The zero-order chi connectivity index (χ0) is 13.8. The molecule has 0 N–H and O–H groups in total. The minimum absolute atomic E-state index is 0.0586. The Morgan fingerprint density at radius 1 is 1.00 bits per heavy atom. The van der Waals surface area contributed by atoms with Crippen LogP contribution < -0.4 is 0 Å². The van der Waals surface area contributed by atoms with Gasteiger partial charge in [0.05, 0.1) is 0 Å². The van der Waals surface area contributed by atoms with E-state index in [9.17, 15) is 13.6 Å². The summed E-state index contributed by atoms with van der Waals surface area (Å²) in [7, 11) is 0. The molecule has 0 aliphatic rings. The van der Waals surface area contributed by atoms with Crippen LogP contribution in [0.3, 0.4) is 0 Å². The molecule has 98 valence electrons. The molecule has 0 heterocycles. The number of rotatable bonds is 4. The summed E-state index contributed by atoms with van der Waals surface area (Å²) >= 11 is 0. The third-order valence-electron chi connectivity index (χ3n) is 2.97. The molecule has 0 atom stereocenters. The maximum atomic E-state index is 13.4. The van der Waals surface area contributed by atoms with E-state index in [-0.39, 0.29) is 30.3 Å². The van der Waals surface area contributed by atoms with Gasteiger partial charge in [0, 0.05) is 12.8 Å². The molecule has 0 aliphatic carbocycles. The number of benzene rings is 2. The topological polar surface area (TPSA) is 17.1 Å². The van der Waals surface area contributed by atoms with Crippen molar-refractivity contribution in [2.75, 3.05) is 0 Å². The zero-order valence-electron chi connectivity index (χ0n) is 10.6. The van der Waals surface area contributed by atoms with E-state index >= 15 is 0 Å². The van der Waals surface area contributed by atoms with Crippen LogP contribution in [0, 0.1) is 18.6 Å². The van der Waals surface area contributed by atoms with Crippen LogP contribution in [0.5, 0.6) is 0 Å². The summed E-state index contributed by atoms with van der Waals surface area (Å²) in [5.41, 5.74) is 1.66. The van der Waals surface area contributed by atoms with Crippen LogP contribution in [-0.2, 0) is 17.6 Å². The van der Waals surface area contributed by atoms with Crippen LogP contribution in [0.4, 0.5) is 8.78 Å². The molecule has 0 saturated carbocycles. The second-order valence-electron chi connectivity index (χ2n) is 4.57. The van der Waals surface area contributed by atoms with Gasteiger partial charge in [0.25, 0.3) is 0 Å². The van der Waals surface area contributed by atoms with E-state index in [4.69, 9.17) is 0 Å². The lowest BCUT2D eigenvalue weighted by atomic mass is 10.0. The molecule has 0 fully saturated rings. The first kappa shape index (κ1) is 13.4. The molecule has 0 saturated heterocycles. The number of carbonyl (C=O) groups excluding carboxylic acids is 1. The smallest absolute Gasteiger partial charge is 0.141 e. The Balaban J connectivity index is 2.05. The summed E-state index contributed by atoms with van der Waals surface area (Å²) in [4.78, 5) is 11.9. The maximum absolute atomic E-state index is 13.4. The molecule has 2 aromatic rings. The summed E-state index contributed by atoms with van der Waals surface area (Å²) in [6, 6.07) is 10.8. The minimum atomic E-state index is -0.369. The lowest BCUT2D eigenvalue weighted by Gasteiger charge is -2.04. The number of hydrogen-bond acceptors (Lipinski definition) is 1. The van der Waals surface area contributed by atoms with Gasteiger partial charge in [-0.05, 0) is 35.7 Å². The van der Waals surface area contributed by atoms with Crippen molar-refractivity contribution in [3.63, 3.8) is 0 Å². The normalized spacial score (nSPS) is 10.5. The molecule has 0 unspecified atom stereocenters. The van der Waals surface area contributed by atoms with Crippen molar-refractivity contribution in [2.45, 2.75) is 19.8 Å². The fourth-order valence-corrected chi connectivity index (χ4v) is 1.96. The highest BCUT2D eigenvalue weighted by Crippen LogP contribution is 2.12. The van der Waals surface area contributed by atoms with Gasteiger partial charge < -0.3 is 0 Å². The molecule has 3 heteroatoms. The number of carbonyl (C=O) groups is 1. The van der Waals surface area contributed by atoms with Gasteiger partial charge in [0.15, 0.2) is 0 Å². The first-order chi connectivity index (χ1) is 9.06. The summed E-state index contributed by atoms with van der Waals surface area (Å²) in [6.07, 6.45) is 0.249. The molecule has 0 amide bonds. The van der Waals surface area contributed by atoms with Crippen LogP contribution >= 0.6 is 0 Å². The van der Waals surface area contributed by atoms with E-state index < -0.39 is 0 Å². The predicted octanol–water partition coefficient (Wildman–Crippen LogP) is 3.63. The molecule has 2 aromatic carbocycles. The van der Waals surface area contributed by atoms with Gasteiger partial charge in [0.2, 0.25) is 0 Å². The molecular formula is C16H14F2O. The molecule has 0 bridgehead atoms. The van der Waals surface area contributed by atoms with E-state index in [0.29, 0.717) is 11.1 Å². The largest absolute Gasteiger partial charge is 0.299 e. The lowest BCUT2D eigenvalue weighted by molar-refractivity contribution is -0.117. The van der Waals surface area contributed by atoms with Crippen molar-refractivity contribution >= 4 is 5.78 Å². The lowest BCUT2D eigenvalue weighted by Crippen LogP contribution is -2.08. The molecular weight excluding hydrogens is 246 g/mol. The standard InChI is InChI=1S/C16H14F2O/c1-11-8-12(6-7-15(11)17)9-14(19)10-13-4-2-3-5-16(13)18/h2-8H,9-10H2,1H3. The fraction of sp³-hybridized carbons (Fsp3) is 0.188. The van der Waals surface area contributed by atoms with Gasteiger partial charge in [-0.25, -0.2) is 8.78 Å². The number of hydrogen-bond donors (Lipinski definition) is 0. The van der Waals surface area contributed by atoms with E-state index in [2.05, 4.69) is 0 Å². The highest BCUT2D eigenvalue weighted by molar-refractivity contribution is 5.83. The Hall–Kier alpha value is -2.03. The molecule has 0 radical (unpaired) electrons. The second-order valence-corrected chi connectivity index (χ2v) is 4.57. The second kappa shape index (κ2) is 5.74. The third kappa shape index (κ3) is 3.47. The van der Waals surface area contributed by atoms with Gasteiger partial charge in [0.1, 0.15) is 17.4 Å². The van der Waals surface area contributed by atoms with E-state index in [0.717, 1.165) is 5.56 Å². The Kier molecular flexibility index (Phi) is 4.05. The quantitative estimate of drug-likeness (QED) is 0.820. The SMILES string of the molecule is Cc1cc(CC(=O)Cc2ccccc2F)ccc1F. The van der Waals surface area contributed by atoms with Crippen molar-refractivity contribution < 1.29 is 13.6 Å². The van der Waals surface area contributed by atoms with Gasteiger partial charge >= 0.3 is 0 Å². The Bertz CT molecular complexity index is 605. The molecule has 0 aromatic heterocycles. The number of ketones is 1. The Morgan fingerprint density at radius 3 is 2.42 bits per heavy atom. The van der Waals surface area contributed by atoms with Crippen LogP contribution in [0.2, 0.25) is 0 Å². The highest BCUT2D eigenvalue weighted by atomic mass is 19.1. The average Bonchev–Trinajstić information content (AvgIpc) is 2.37. The maximum Gasteiger partial charge on any atom is 0.141 e. The van der Waals surface area contributed by atoms with Crippen LogP contribution in [0.15, 0.2) is 42.5 Å². The fourth-order valence-electron chi connectivity index (χ4n) is 1.96.